The van der Waals surface area contributed by atoms with Gasteiger partial charge in [0, 0.05) is 20.1 Å². The highest BCUT2D eigenvalue weighted by Gasteiger charge is 2.21. The van der Waals surface area contributed by atoms with Crippen molar-refractivity contribution in [1.82, 2.24) is 15.1 Å². The number of nitrogens with two attached hydrogens (primary N) is 1. The fourth-order valence-corrected chi connectivity index (χ4v) is 1.98. The number of ether oxygens (including phenoxy) is 2. The molecule has 1 aromatic heterocycles. The molecule has 1 aromatic rings. The first-order valence-corrected chi connectivity index (χ1v) is 5.88. The molecule has 0 spiro atoms. The molecule has 0 bridgehead atoms. The molecule has 0 radical (unpaired) electrons. The predicted molar refractivity (Wildman–Crippen MR) is 64.6 cm³/mol. The second-order valence-electron chi connectivity index (χ2n) is 4.26. The number of carbonyl (C=O) groups is 1. The number of carbonyl (C=O) groups excluding carboxylic acids is 1. The van der Waals surface area contributed by atoms with Crippen molar-refractivity contribution in [3.05, 3.63) is 11.3 Å². The zero-order valence-electron chi connectivity index (χ0n) is 10.6. The molecule has 1 saturated heterocycles. The largest absolute Gasteiger partial charge is 0.474 e. The van der Waals surface area contributed by atoms with Gasteiger partial charge in [-0.3, -0.25) is 4.79 Å². The second kappa shape index (κ2) is 5.36. The maximum atomic E-state index is 11.4. The minimum absolute atomic E-state index is 0.0188. The Balaban J connectivity index is 2.06. The third-order valence-electron chi connectivity index (χ3n) is 2.83. The first-order valence-electron chi connectivity index (χ1n) is 5.88. The van der Waals surface area contributed by atoms with Crippen molar-refractivity contribution in [2.75, 3.05) is 26.3 Å². The molecule has 1 unspecified atom stereocenters. The van der Waals surface area contributed by atoms with Crippen LogP contribution in [-0.2, 0) is 11.8 Å². The predicted octanol–water partition coefficient (Wildman–Crippen LogP) is -0.805. The van der Waals surface area contributed by atoms with E-state index in [9.17, 15) is 4.79 Å². The number of nitrogens with one attached hydrogen (secondary N) is 1. The van der Waals surface area contributed by atoms with Gasteiger partial charge in [-0.2, -0.15) is 5.10 Å². The van der Waals surface area contributed by atoms with Gasteiger partial charge in [-0.15, -0.1) is 0 Å². The quantitative estimate of drug-likeness (QED) is 0.733. The van der Waals surface area contributed by atoms with Gasteiger partial charge in [0.05, 0.1) is 12.3 Å². The van der Waals surface area contributed by atoms with Gasteiger partial charge in [0.2, 0.25) is 5.88 Å². The SMILES string of the molecule is Cc1nn(C)c(OCC2CNCCO2)c1C(N)=O. The normalized spacial score (nSPS) is 19.8. The van der Waals surface area contributed by atoms with Gasteiger partial charge >= 0.3 is 0 Å². The average molecular weight is 254 g/mol. The van der Waals surface area contributed by atoms with Crippen molar-refractivity contribution in [2.45, 2.75) is 13.0 Å². The van der Waals surface area contributed by atoms with Crippen LogP contribution in [0.1, 0.15) is 16.1 Å². The Labute approximate surface area is 105 Å². The highest BCUT2D eigenvalue weighted by molar-refractivity contribution is 5.96. The Hall–Kier alpha value is -1.60. The Morgan fingerprint density at radius 3 is 3.11 bits per heavy atom. The molecule has 0 aliphatic carbocycles. The van der Waals surface area contributed by atoms with E-state index in [1.165, 1.54) is 4.68 Å². The van der Waals surface area contributed by atoms with Crippen molar-refractivity contribution in [3.8, 4) is 5.88 Å². The van der Waals surface area contributed by atoms with Gasteiger partial charge in [-0.1, -0.05) is 0 Å². The van der Waals surface area contributed by atoms with Crippen LogP contribution >= 0.6 is 0 Å². The number of aryl methyl sites for hydroxylation is 2. The number of hydrogen-bond donors (Lipinski definition) is 2. The summed E-state index contributed by atoms with van der Waals surface area (Å²) < 4.78 is 12.7. The maximum Gasteiger partial charge on any atom is 0.256 e. The Morgan fingerprint density at radius 1 is 1.72 bits per heavy atom. The van der Waals surface area contributed by atoms with E-state index in [1.54, 1.807) is 14.0 Å². The zero-order valence-corrected chi connectivity index (χ0v) is 10.6. The zero-order chi connectivity index (χ0) is 13.1. The molecule has 2 rings (SSSR count). The van der Waals surface area contributed by atoms with E-state index in [4.69, 9.17) is 15.2 Å². The standard InChI is InChI=1S/C11H18N4O3/c1-7-9(10(12)16)11(15(2)14-7)18-6-8-5-13-3-4-17-8/h8,13H,3-6H2,1-2H3,(H2,12,16). The minimum Gasteiger partial charge on any atom is -0.474 e. The molecule has 2 heterocycles. The summed E-state index contributed by atoms with van der Waals surface area (Å²) in [5.41, 5.74) is 6.23. The number of aromatic nitrogens is 2. The molecule has 100 valence electrons. The molecular formula is C11H18N4O3. The molecule has 0 aromatic carbocycles. The molecule has 1 atom stereocenters. The van der Waals surface area contributed by atoms with Crippen LogP contribution in [0.4, 0.5) is 0 Å². The Bertz CT molecular complexity index is 438. The molecule has 1 amide bonds. The van der Waals surface area contributed by atoms with E-state index in [-0.39, 0.29) is 6.10 Å². The van der Waals surface area contributed by atoms with Crippen LogP contribution in [0.25, 0.3) is 0 Å². The van der Waals surface area contributed by atoms with E-state index in [2.05, 4.69) is 10.4 Å². The smallest absolute Gasteiger partial charge is 0.256 e. The molecular weight excluding hydrogens is 236 g/mol. The van der Waals surface area contributed by atoms with Crippen LogP contribution in [-0.4, -0.2) is 48.1 Å². The maximum absolute atomic E-state index is 11.4. The highest BCUT2D eigenvalue weighted by atomic mass is 16.5. The number of hydrogen-bond acceptors (Lipinski definition) is 5. The first kappa shape index (κ1) is 12.8. The van der Waals surface area contributed by atoms with Gasteiger partial charge in [-0.05, 0) is 6.92 Å². The first-order chi connectivity index (χ1) is 8.59. The van der Waals surface area contributed by atoms with Gasteiger partial charge in [-0.25, -0.2) is 4.68 Å². The lowest BCUT2D eigenvalue weighted by atomic mass is 10.2. The summed E-state index contributed by atoms with van der Waals surface area (Å²) in [6.45, 7) is 4.36. The van der Waals surface area contributed by atoms with Crippen LogP contribution in [0, 0.1) is 6.92 Å². The van der Waals surface area contributed by atoms with E-state index in [0.717, 1.165) is 13.1 Å². The van der Waals surface area contributed by atoms with E-state index >= 15 is 0 Å². The summed E-state index contributed by atoms with van der Waals surface area (Å²) in [7, 11) is 1.72. The molecule has 18 heavy (non-hydrogen) atoms. The number of amides is 1. The van der Waals surface area contributed by atoms with Crippen molar-refractivity contribution in [3.63, 3.8) is 0 Å². The third-order valence-corrected chi connectivity index (χ3v) is 2.83. The fourth-order valence-electron chi connectivity index (χ4n) is 1.98. The minimum atomic E-state index is -0.529. The number of nitrogens with zero attached hydrogens (tertiary/aromatic N) is 2. The number of morpholine rings is 1. The van der Waals surface area contributed by atoms with E-state index < -0.39 is 5.91 Å². The molecule has 1 aliphatic heterocycles. The Morgan fingerprint density at radius 2 is 2.50 bits per heavy atom. The molecule has 1 aliphatic rings. The van der Waals surface area contributed by atoms with Gasteiger partial charge in [0.15, 0.2) is 0 Å². The van der Waals surface area contributed by atoms with E-state index in [0.29, 0.717) is 30.4 Å². The third kappa shape index (κ3) is 2.62. The molecule has 3 N–H and O–H groups in total. The monoisotopic (exact) mass is 254 g/mol. The topological polar surface area (TPSA) is 91.4 Å². The van der Waals surface area contributed by atoms with Crippen LogP contribution < -0.4 is 15.8 Å². The lowest BCUT2D eigenvalue weighted by molar-refractivity contribution is -0.00171. The average Bonchev–Trinajstić information content (AvgIpc) is 2.62. The van der Waals surface area contributed by atoms with Crippen LogP contribution in [0.5, 0.6) is 5.88 Å². The van der Waals surface area contributed by atoms with Gasteiger partial charge in [0.1, 0.15) is 18.3 Å². The van der Waals surface area contributed by atoms with Crippen LogP contribution in [0.3, 0.4) is 0 Å². The molecule has 0 saturated carbocycles. The van der Waals surface area contributed by atoms with Crippen molar-refractivity contribution >= 4 is 5.91 Å². The van der Waals surface area contributed by atoms with Crippen LogP contribution in [0.2, 0.25) is 0 Å². The summed E-state index contributed by atoms with van der Waals surface area (Å²) in [6, 6.07) is 0. The molecule has 7 heteroatoms. The summed E-state index contributed by atoms with van der Waals surface area (Å²) >= 11 is 0. The summed E-state index contributed by atoms with van der Waals surface area (Å²) in [4.78, 5) is 11.4. The number of primary amides is 1. The van der Waals surface area contributed by atoms with Crippen LogP contribution in [0.15, 0.2) is 0 Å². The summed E-state index contributed by atoms with van der Waals surface area (Å²) in [5.74, 6) is -0.132. The molecule has 7 nitrogen and oxygen atoms in total. The van der Waals surface area contributed by atoms with Gasteiger partial charge in [0.25, 0.3) is 5.91 Å². The Kier molecular flexibility index (Phi) is 3.83. The molecule has 1 fully saturated rings. The summed E-state index contributed by atoms with van der Waals surface area (Å²) in [5, 5.41) is 7.34. The lowest BCUT2D eigenvalue weighted by Gasteiger charge is -2.23. The van der Waals surface area contributed by atoms with Crippen molar-refractivity contribution in [2.24, 2.45) is 12.8 Å². The van der Waals surface area contributed by atoms with E-state index in [1.807, 2.05) is 0 Å². The fraction of sp³-hybridized carbons (Fsp3) is 0.636. The second-order valence-corrected chi connectivity index (χ2v) is 4.26. The van der Waals surface area contributed by atoms with Crippen molar-refractivity contribution in [1.29, 1.82) is 0 Å². The highest BCUT2D eigenvalue weighted by Crippen LogP contribution is 2.21. The lowest BCUT2D eigenvalue weighted by Crippen LogP contribution is -2.41. The van der Waals surface area contributed by atoms with Gasteiger partial charge < -0.3 is 20.5 Å². The van der Waals surface area contributed by atoms with Crippen molar-refractivity contribution < 1.29 is 14.3 Å². The summed E-state index contributed by atoms with van der Waals surface area (Å²) in [6.07, 6.45) is -0.0188. The number of rotatable bonds is 4.